The van der Waals surface area contributed by atoms with Crippen LogP contribution in [-0.2, 0) is 0 Å². The van der Waals surface area contributed by atoms with Crippen molar-refractivity contribution >= 4 is 11.5 Å². The Hall–Kier alpha value is -2.46. The van der Waals surface area contributed by atoms with E-state index in [0.29, 0.717) is 12.2 Å². The molecule has 102 valence electrons. The topological polar surface area (TPSA) is 76.2 Å². The number of aromatic nitrogens is 1. The largest absolute Gasteiger partial charge is 0.477 e. The summed E-state index contributed by atoms with van der Waals surface area (Å²) in [4.78, 5) is 15.2. The lowest BCUT2D eigenvalue weighted by Gasteiger charge is -2.08. The summed E-state index contributed by atoms with van der Waals surface area (Å²) in [5, 5.41) is 9.02. The normalized spacial score (nSPS) is 11.4. The third kappa shape index (κ3) is 3.10. The van der Waals surface area contributed by atoms with Gasteiger partial charge in [0, 0.05) is 12.1 Å². The standard InChI is InChI=1S/C16H16N2O2/c1-11-5-7-12(8-6-11)13(9-10-17)14-3-2-4-15(18-14)16(19)20/h2-9H,10,17H2,1H3,(H,19,20)/b13-9+. The molecule has 20 heavy (non-hydrogen) atoms. The van der Waals surface area contributed by atoms with E-state index in [2.05, 4.69) is 4.98 Å². The van der Waals surface area contributed by atoms with Crippen molar-refractivity contribution < 1.29 is 9.90 Å². The maximum absolute atomic E-state index is 11.0. The van der Waals surface area contributed by atoms with E-state index in [0.717, 1.165) is 16.7 Å². The average Bonchev–Trinajstić information content (AvgIpc) is 2.46. The quantitative estimate of drug-likeness (QED) is 0.893. The van der Waals surface area contributed by atoms with Crippen LogP contribution < -0.4 is 5.73 Å². The first-order chi connectivity index (χ1) is 9.61. The maximum atomic E-state index is 11.0. The molecule has 0 spiro atoms. The Bertz CT molecular complexity index is 646. The van der Waals surface area contributed by atoms with Crippen LogP contribution in [0.3, 0.4) is 0 Å². The lowest BCUT2D eigenvalue weighted by Crippen LogP contribution is -2.04. The van der Waals surface area contributed by atoms with Crippen LogP contribution in [0, 0.1) is 6.92 Å². The van der Waals surface area contributed by atoms with E-state index in [4.69, 9.17) is 10.8 Å². The smallest absolute Gasteiger partial charge is 0.354 e. The molecule has 0 unspecified atom stereocenters. The first kappa shape index (κ1) is 14.0. The van der Waals surface area contributed by atoms with Gasteiger partial charge in [0.15, 0.2) is 0 Å². The molecule has 4 heteroatoms. The van der Waals surface area contributed by atoms with E-state index in [1.807, 2.05) is 37.3 Å². The predicted octanol–water partition coefficient (Wildman–Crippen LogP) is 2.48. The summed E-state index contributed by atoms with van der Waals surface area (Å²) in [6.45, 7) is 2.38. The van der Waals surface area contributed by atoms with Crippen LogP contribution in [-0.4, -0.2) is 22.6 Å². The van der Waals surface area contributed by atoms with E-state index < -0.39 is 5.97 Å². The summed E-state index contributed by atoms with van der Waals surface area (Å²) >= 11 is 0. The van der Waals surface area contributed by atoms with Gasteiger partial charge in [0.05, 0.1) is 5.69 Å². The van der Waals surface area contributed by atoms with Crippen molar-refractivity contribution in [1.29, 1.82) is 0 Å². The van der Waals surface area contributed by atoms with Crippen molar-refractivity contribution in [2.45, 2.75) is 6.92 Å². The second kappa shape index (κ2) is 6.12. The first-order valence-electron chi connectivity index (χ1n) is 6.30. The van der Waals surface area contributed by atoms with Gasteiger partial charge in [-0.15, -0.1) is 0 Å². The summed E-state index contributed by atoms with van der Waals surface area (Å²) < 4.78 is 0. The van der Waals surface area contributed by atoms with E-state index >= 15 is 0 Å². The molecule has 0 fully saturated rings. The number of pyridine rings is 1. The van der Waals surface area contributed by atoms with E-state index in [1.165, 1.54) is 6.07 Å². The number of rotatable bonds is 4. The fourth-order valence-corrected chi connectivity index (χ4v) is 1.93. The molecule has 0 aliphatic carbocycles. The minimum atomic E-state index is -1.04. The highest BCUT2D eigenvalue weighted by Gasteiger charge is 2.10. The number of nitrogens with zero attached hydrogens (tertiary/aromatic N) is 1. The molecule has 0 aliphatic heterocycles. The molecule has 0 saturated carbocycles. The van der Waals surface area contributed by atoms with Crippen molar-refractivity contribution in [3.63, 3.8) is 0 Å². The molecule has 0 amide bonds. The lowest BCUT2D eigenvalue weighted by molar-refractivity contribution is 0.0690. The number of carbonyl (C=O) groups is 1. The zero-order valence-corrected chi connectivity index (χ0v) is 11.2. The zero-order chi connectivity index (χ0) is 14.5. The summed E-state index contributed by atoms with van der Waals surface area (Å²) in [5.41, 5.74) is 9.22. The Kier molecular flexibility index (Phi) is 4.27. The Morgan fingerprint density at radius 3 is 2.45 bits per heavy atom. The molecule has 4 nitrogen and oxygen atoms in total. The fraction of sp³-hybridized carbons (Fsp3) is 0.125. The predicted molar refractivity (Wildman–Crippen MR) is 78.5 cm³/mol. The van der Waals surface area contributed by atoms with Gasteiger partial charge in [0.1, 0.15) is 5.69 Å². The Balaban J connectivity index is 2.49. The molecule has 0 saturated heterocycles. The van der Waals surface area contributed by atoms with Crippen molar-refractivity contribution in [2.75, 3.05) is 6.54 Å². The Labute approximate surface area is 117 Å². The first-order valence-corrected chi connectivity index (χ1v) is 6.30. The van der Waals surface area contributed by atoms with Crippen LogP contribution in [0.2, 0.25) is 0 Å². The number of carboxylic acids is 1. The summed E-state index contributed by atoms with van der Waals surface area (Å²) in [6, 6.07) is 12.9. The van der Waals surface area contributed by atoms with Gasteiger partial charge >= 0.3 is 5.97 Å². The molecule has 1 aromatic carbocycles. The number of carboxylic acid groups (broad SMARTS) is 1. The van der Waals surface area contributed by atoms with Gasteiger partial charge in [-0.3, -0.25) is 0 Å². The van der Waals surface area contributed by atoms with Gasteiger partial charge < -0.3 is 10.8 Å². The maximum Gasteiger partial charge on any atom is 0.354 e. The molecule has 1 aromatic heterocycles. The number of benzene rings is 1. The zero-order valence-electron chi connectivity index (χ0n) is 11.2. The number of hydrogen-bond acceptors (Lipinski definition) is 3. The minimum Gasteiger partial charge on any atom is -0.477 e. The van der Waals surface area contributed by atoms with Gasteiger partial charge in [-0.2, -0.15) is 0 Å². The molecular weight excluding hydrogens is 252 g/mol. The molecule has 0 bridgehead atoms. The molecule has 0 aliphatic rings. The van der Waals surface area contributed by atoms with E-state index in [9.17, 15) is 4.79 Å². The van der Waals surface area contributed by atoms with Crippen LogP contribution in [0.1, 0.15) is 27.3 Å². The third-order valence-corrected chi connectivity index (χ3v) is 2.93. The molecule has 2 aromatic rings. The monoisotopic (exact) mass is 268 g/mol. The van der Waals surface area contributed by atoms with Gasteiger partial charge in [0.25, 0.3) is 0 Å². The minimum absolute atomic E-state index is 0.0255. The molecule has 1 heterocycles. The average molecular weight is 268 g/mol. The van der Waals surface area contributed by atoms with Crippen molar-refractivity contribution in [3.05, 3.63) is 71.1 Å². The van der Waals surface area contributed by atoms with Gasteiger partial charge in [-0.1, -0.05) is 42.0 Å². The second-order valence-corrected chi connectivity index (χ2v) is 4.43. The van der Waals surface area contributed by atoms with E-state index in [-0.39, 0.29) is 5.69 Å². The van der Waals surface area contributed by atoms with Gasteiger partial charge in [-0.05, 0) is 24.6 Å². The van der Waals surface area contributed by atoms with Crippen molar-refractivity contribution in [3.8, 4) is 0 Å². The fourth-order valence-electron chi connectivity index (χ4n) is 1.93. The van der Waals surface area contributed by atoms with Crippen LogP contribution in [0.4, 0.5) is 0 Å². The SMILES string of the molecule is Cc1ccc(/C(=C\CN)c2cccc(C(=O)O)n2)cc1. The van der Waals surface area contributed by atoms with Crippen molar-refractivity contribution in [1.82, 2.24) is 4.98 Å². The van der Waals surface area contributed by atoms with Crippen molar-refractivity contribution in [2.24, 2.45) is 5.73 Å². The lowest BCUT2D eigenvalue weighted by atomic mass is 10.0. The van der Waals surface area contributed by atoms with Crippen LogP contribution in [0.15, 0.2) is 48.5 Å². The molecule has 0 atom stereocenters. The van der Waals surface area contributed by atoms with Crippen LogP contribution >= 0.6 is 0 Å². The van der Waals surface area contributed by atoms with Gasteiger partial charge in [0.2, 0.25) is 0 Å². The molecule has 3 N–H and O–H groups in total. The summed E-state index contributed by atoms with van der Waals surface area (Å²) in [5.74, 6) is -1.04. The number of aryl methyl sites for hydroxylation is 1. The highest BCUT2D eigenvalue weighted by atomic mass is 16.4. The highest BCUT2D eigenvalue weighted by Crippen LogP contribution is 2.22. The second-order valence-electron chi connectivity index (χ2n) is 4.43. The number of hydrogen-bond donors (Lipinski definition) is 2. The number of aromatic carboxylic acids is 1. The summed E-state index contributed by atoms with van der Waals surface area (Å²) in [7, 11) is 0. The molecule has 2 rings (SSSR count). The van der Waals surface area contributed by atoms with Crippen LogP contribution in [0.5, 0.6) is 0 Å². The Morgan fingerprint density at radius 2 is 1.85 bits per heavy atom. The molecule has 0 radical (unpaired) electrons. The third-order valence-electron chi connectivity index (χ3n) is 2.93. The van der Waals surface area contributed by atoms with E-state index in [1.54, 1.807) is 12.1 Å². The molecular formula is C16H16N2O2. The van der Waals surface area contributed by atoms with Gasteiger partial charge in [-0.25, -0.2) is 9.78 Å². The Morgan fingerprint density at radius 1 is 1.20 bits per heavy atom. The number of nitrogens with two attached hydrogens (primary N) is 1. The van der Waals surface area contributed by atoms with Crippen LogP contribution in [0.25, 0.3) is 5.57 Å². The highest BCUT2D eigenvalue weighted by molar-refractivity contribution is 5.87. The summed E-state index contributed by atoms with van der Waals surface area (Å²) in [6.07, 6.45) is 1.85.